The Morgan fingerprint density at radius 3 is 2.45 bits per heavy atom. The molecule has 0 aliphatic heterocycles. The van der Waals surface area contributed by atoms with E-state index in [1.807, 2.05) is 0 Å². The lowest BCUT2D eigenvalue weighted by molar-refractivity contribution is 0.0609. The fourth-order valence-electron chi connectivity index (χ4n) is 6.31. The topological polar surface area (TPSA) is 40.5 Å². The first-order chi connectivity index (χ1) is 13.7. The second kappa shape index (κ2) is 9.35. The summed E-state index contributed by atoms with van der Waals surface area (Å²) < 4.78 is 0. The Kier molecular flexibility index (Phi) is 7.27. The monoisotopic (exact) mass is 398 g/mol. The highest BCUT2D eigenvalue weighted by molar-refractivity contribution is 5.26. The molecular formula is C27H42O2. The highest BCUT2D eigenvalue weighted by Crippen LogP contribution is 2.59. The lowest BCUT2D eigenvalue weighted by atomic mass is 9.61. The molecular weight excluding hydrogens is 356 g/mol. The van der Waals surface area contributed by atoms with Crippen LogP contribution in [0.25, 0.3) is 0 Å². The van der Waals surface area contributed by atoms with Crippen LogP contribution in [-0.4, -0.2) is 22.4 Å². The van der Waals surface area contributed by atoms with Crippen molar-refractivity contribution in [1.82, 2.24) is 0 Å². The van der Waals surface area contributed by atoms with Crippen molar-refractivity contribution in [3.05, 3.63) is 47.6 Å². The van der Waals surface area contributed by atoms with Crippen molar-refractivity contribution in [1.29, 1.82) is 0 Å². The Morgan fingerprint density at radius 2 is 1.79 bits per heavy atom. The van der Waals surface area contributed by atoms with Crippen molar-refractivity contribution < 1.29 is 10.2 Å². The van der Waals surface area contributed by atoms with Gasteiger partial charge in [0.25, 0.3) is 0 Å². The van der Waals surface area contributed by atoms with Gasteiger partial charge in [0.1, 0.15) is 0 Å². The first-order valence-electron chi connectivity index (χ1n) is 11.8. The molecule has 0 unspecified atom stereocenters. The fourth-order valence-corrected chi connectivity index (χ4v) is 6.31. The van der Waals surface area contributed by atoms with E-state index in [9.17, 15) is 10.2 Å². The van der Waals surface area contributed by atoms with E-state index >= 15 is 0 Å². The van der Waals surface area contributed by atoms with Crippen LogP contribution in [0.3, 0.4) is 0 Å². The van der Waals surface area contributed by atoms with Gasteiger partial charge < -0.3 is 10.2 Å². The summed E-state index contributed by atoms with van der Waals surface area (Å²) in [5, 5.41) is 19.9. The van der Waals surface area contributed by atoms with Crippen LogP contribution in [0.15, 0.2) is 47.6 Å². The van der Waals surface area contributed by atoms with Gasteiger partial charge in [-0.15, -0.1) is 0 Å². The first-order valence-corrected chi connectivity index (χ1v) is 11.8. The maximum absolute atomic E-state index is 9.96. The molecule has 7 atom stereocenters. The van der Waals surface area contributed by atoms with Gasteiger partial charge in [0, 0.05) is 0 Å². The van der Waals surface area contributed by atoms with Crippen molar-refractivity contribution in [2.24, 2.45) is 29.1 Å². The van der Waals surface area contributed by atoms with Crippen LogP contribution in [0.5, 0.6) is 0 Å². The predicted molar refractivity (Wildman–Crippen MR) is 122 cm³/mol. The molecule has 162 valence electrons. The van der Waals surface area contributed by atoms with E-state index in [2.05, 4.69) is 58.6 Å². The van der Waals surface area contributed by atoms with E-state index in [4.69, 9.17) is 0 Å². The maximum Gasteiger partial charge on any atom is 0.0602 e. The lowest BCUT2D eigenvalue weighted by Crippen LogP contribution is -2.35. The molecule has 29 heavy (non-hydrogen) atoms. The molecule has 0 heterocycles. The highest BCUT2D eigenvalue weighted by Gasteiger charge is 2.50. The van der Waals surface area contributed by atoms with Gasteiger partial charge in [-0.2, -0.15) is 0 Å². The lowest BCUT2D eigenvalue weighted by Gasteiger charge is -2.44. The van der Waals surface area contributed by atoms with Crippen LogP contribution in [0.1, 0.15) is 79.1 Å². The normalized spacial score (nSPS) is 38.8. The Hall–Kier alpha value is -1.12. The highest BCUT2D eigenvalue weighted by atomic mass is 16.3. The van der Waals surface area contributed by atoms with Gasteiger partial charge in [0.05, 0.1) is 12.2 Å². The predicted octanol–water partition coefficient (Wildman–Crippen LogP) is 6.37. The van der Waals surface area contributed by atoms with E-state index in [0.29, 0.717) is 42.4 Å². The summed E-state index contributed by atoms with van der Waals surface area (Å²) in [6.45, 7) is 13.4. The van der Waals surface area contributed by atoms with Crippen molar-refractivity contribution in [2.45, 2.75) is 91.3 Å². The minimum absolute atomic E-state index is 0.384. The van der Waals surface area contributed by atoms with E-state index in [1.54, 1.807) is 5.57 Å². The third-order valence-electron chi connectivity index (χ3n) is 8.23. The van der Waals surface area contributed by atoms with Gasteiger partial charge >= 0.3 is 0 Å². The summed E-state index contributed by atoms with van der Waals surface area (Å²) in [7, 11) is 0. The number of rotatable bonds is 5. The molecule has 0 bridgehead atoms. The molecule has 0 saturated heterocycles. The summed E-state index contributed by atoms with van der Waals surface area (Å²) in [6.07, 6.45) is 17.0. The molecule has 3 aliphatic rings. The number of allylic oxidation sites excluding steroid dienone is 6. The molecule has 0 spiro atoms. The van der Waals surface area contributed by atoms with E-state index < -0.39 is 0 Å². The van der Waals surface area contributed by atoms with Crippen LogP contribution >= 0.6 is 0 Å². The first kappa shape index (κ1) is 22.6. The number of aliphatic hydroxyl groups is 2. The van der Waals surface area contributed by atoms with Crippen molar-refractivity contribution >= 4 is 0 Å². The molecule has 0 amide bonds. The maximum atomic E-state index is 9.96. The summed E-state index contributed by atoms with van der Waals surface area (Å²) in [5.74, 6) is 2.49. The Balaban J connectivity index is 1.73. The van der Waals surface area contributed by atoms with Gasteiger partial charge in [-0.05, 0) is 87.4 Å². The zero-order chi connectivity index (χ0) is 21.2. The zero-order valence-corrected chi connectivity index (χ0v) is 19.0. The van der Waals surface area contributed by atoms with E-state index in [1.165, 1.54) is 43.3 Å². The molecule has 0 aromatic heterocycles. The Labute approximate surface area is 178 Å². The number of aliphatic hydroxyl groups excluding tert-OH is 2. The fraction of sp³-hybridized carbons (Fsp3) is 0.704. The third-order valence-corrected chi connectivity index (χ3v) is 8.23. The second-order valence-electron chi connectivity index (χ2n) is 10.5. The van der Waals surface area contributed by atoms with E-state index in [0.717, 1.165) is 5.92 Å². The summed E-state index contributed by atoms with van der Waals surface area (Å²) in [4.78, 5) is 0. The summed E-state index contributed by atoms with van der Waals surface area (Å²) >= 11 is 0. The SMILES string of the molecule is C=C(C)[C@@H](C)/C=C/[C@@H](C)[C@H]1CC[C@H]2C(=CC=C3C[C@@H](O)C[C@H](O)C3)CCC[C@]12C. The van der Waals surface area contributed by atoms with Gasteiger partial charge in [-0.1, -0.05) is 68.4 Å². The number of fused-ring (bicyclic) bond motifs is 1. The standard InChI is InChI=1S/C27H42O2/c1-18(2)19(3)8-9-20(4)25-12-13-26-22(7-6-14-27(25,26)5)11-10-21-15-23(28)17-24(29)16-21/h8-11,19-20,23-26,28-29H,1,6-7,12-17H2,2-5H3/b9-8+,22-11?/t19-,20+,23+,24+,25+,26-,27+/m0/s1. The molecule has 3 aliphatic carbocycles. The summed E-state index contributed by atoms with van der Waals surface area (Å²) in [6, 6.07) is 0. The largest absolute Gasteiger partial charge is 0.393 e. The average molecular weight is 399 g/mol. The average Bonchev–Trinajstić information content (AvgIpc) is 3.00. The minimum Gasteiger partial charge on any atom is -0.393 e. The summed E-state index contributed by atoms with van der Waals surface area (Å²) in [5.41, 5.74) is 4.44. The van der Waals surface area contributed by atoms with Crippen LogP contribution < -0.4 is 0 Å². The van der Waals surface area contributed by atoms with Crippen LogP contribution in [0, 0.1) is 29.1 Å². The molecule has 3 fully saturated rings. The van der Waals surface area contributed by atoms with Crippen LogP contribution in [-0.2, 0) is 0 Å². The number of hydrogen-bond donors (Lipinski definition) is 2. The molecule has 0 radical (unpaired) electrons. The molecule has 3 rings (SSSR count). The van der Waals surface area contributed by atoms with Gasteiger partial charge in [-0.25, -0.2) is 0 Å². The molecule has 0 aromatic carbocycles. The van der Waals surface area contributed by atoms with Crippen molar-refractivity contribution in [3.63, 3.8) is 0 Å². The minimum atomic E-state index is -0.384. The smallest absolute Gasteiger partial charge is 0.0602 e. The van der Waals surface area contributed by atoms with Gasteiger partial charge in [0.2, 0.25) is 0 Å². The quantitative estimate of drug-likeness (QED) is 0.529. The van der Waals surface area contributed by atoms with Crippen molar-refractivity contribution in [2.75, 3.05) is 0 Å². The van der Waals surface area contributed by atoms with Gasteiger partial charge in [0.15, 0.2) is 0 Å². The molecule has 2 heteroatoms. The third kappa shape index (κ3) is 5.14. The van der Waals surface area contributed by atoms with Crippen LogP contribution in [0.4, 0.5) is 0 Å². The molecule has 2 nitrogen and oxygen atoms in total. The van der Waals surface area contributed by atoms with Crippen molar-refractivity contribution in [3.8, 4) is 0 Å². The Bertz CT molecular complexity index is 673. The second-order valence-corrected chi connectivity index (χ2v) is 10.5. The Morgan fingerprint density at radius 1 is 1.10 bits per heavy atom. The van der Waals surface area contributed by atoms with Gasteiger partial charge in [-0.3, -0.25) is 0 Å². The van der Waals surface area contributed by atoms with Crippen LogP contribution in [0.2, 0.25) is 0 Å². The molecule has 3 saturated carbocycles. The molecule has 0 aromatic rings. The van der Waals surface area contributed by atoms with E-state index in [-0.39, 0.29) is 12.2 Å². The number of hydrogen-bond acceptors (Lipinski definition) is 2. The molecule has 2 N–H and O–H groups in total. The zero-order valence-electron chi connectivity index (χ0n) is 19.0.